The molecule has 4 N–H and O–H groups in total. The maximum Gasteiger partial charge on any atom is 0.261 e. The number of rotatable bonds is 3. The van der Waals surface area contributed by atoms with Crippen LogP contribution in [0.1, 0.15) is 40.2 Å². The number of carbonyl (C=O) groups excluding carboxylic acids is 1. The first-order chi connectivity index (χ1) is 8.00. The second-order valence-electron chi connectivity index (χ2n) is 4.74. The molecule has 0 unspecified atom stereocenters. The van der Waals surface area contributed by atoms with E-state index in [9.17, 15) is 9.90 Å². The zero-order valence-corrected chi connectivity index (χ0v) is 10.8. The van der Waals surface area contributed by atoms with Gasteiger partial charge in [-0.2, -0.15) is 0 Å². The predicted octanol–water partition coefficient (Wildman–Crippen LogP) is 1.67. The Hall–Kier alpha value is -1.07. The third-order valence-electron chi connectivity index (χ3n) is 3.29. The molecule has 5 heteroatoms. The van der Waals surface area contributed by atoms with Crippen LogP contribution in [0.25, 0.3) is 0 Å². The van der Waals surface area contributed by atoms with E-state index in [2.05, 4.69) is 5.32 Å². The zero-order chi connectivity index (χ0) is 12.5. The number of thiophene rings is 1. The average Bonchev–Trinajstić information content (AvgIpc) is 2.85. The van der Waals surface area contributed by atoms with Crippen LogP contribution in [-0.4, -0.2) is 23.2 Å². The van der Waals surface area contributed by atoms with Gasteiger partial charge in [0.1, 0.15) is 0 Å². The Morgan fingerprint density at radius 2 is 2.24 bits per heavy atom. The first kappa shape index (κ1) is 12.4. The third kappa shape index (κ3) is 2.79. The minimum absolute atomic E-state index is 0.143. The van der Waals surface area contributed by atoms with Crippen LogP contribution in [0.5, 0.6) is 0 Å². The molecule has 94 valence electrons. The van der Waals surface area contributed by atoms with Gasteiger partial charge in [-0.3, -0.25) is 4.79 Å². The summed E-state index contributed by atoms with van der Waals surface area (Å²) in [6.45, 7) is 2.23. The molecule has 0 aliphatic heterocycles. The van der Waals surface area contributed by atoms with E-state index >= 15 is 0 Å². The molecule has 0 saturated heterocycles. The number of aliphatic hydroxyl groups is 1. The molecule has 17 heavy (non-hydrogen) atoms. The monoisotopic (exact) mass is 254 g/mol. The van der Waals surface area contributed by atoms with Crippen LogP contribution in [0.15, 0.2) is 6.07 Å². The highest BCUT2D eigenvalue weighted by atomic mass is 32.1. The van der Waals surface area contributed by atoms with Gasteiger partial charge in [0.25, 0.3) is 5.91 Å². The Morgan fingerprint density at radius 1 is 1.59 bits per heavy atom. The molecule has 0 aromatic carbocycles. The Morgan fingerprint density at radius 3 is 2.76 bits per heavy atom. The number of carbonyl (C=O) groups is 1. The van der Waals surface area contributed by atoms with Gasteiger partial charge < -0.3 is 16.2 Å². The molecule has 1 amide bonds. The van der Waals surface area contributed by atoms with Gasteiger partial charge in [-0.05, 0) is 25.8 Å². The number of nitrogen functional groups attached to an aromatic ring is 1. The van der Waals surface area contributed by atoms with Crippen LogP contribution in [0.2, 0.25) is 0 Å². The van der Waals surface area contributed by atoms with E-state index in [-0.39, 0.29) is 5.91 Å². The van der Waals surface area contributed by atoms with Crippen LogP contribution in [-0.2, 0) is 0 Å². The Balaban J connectivity index is 1.93. The van der Waals surface area contributed by atoms with Crippen molar-refractivity contribution in [2.24, 2.45) is 0 Å². The predicted molar refractivity (Wildman–Crippen MR) is 69.2 cm³/mol. The van der Waals surface area contributed by atoms with Crippen LogP contribution in [0, 0.1) is 6.92 Å². The Bertz CT molecular complexity index is 403. The van der Waals surface area contributed by atoms with Crippen molar-refractivity contribution in [2.75, 3.05) is 12.3 Å². The van der Waals surface area contributed by atoms with Crippen molar-refractivity contribution in [1.29, 1.82) is 0 Å². The fraction of sp³-hybridized carbons (Fsp3) is 0.583. The van der Waals surface area contributed by atoms with E-state index in [1.807, 2.05) is 6.92 Å². The van der Waals surface area contributed by atoms with Crippen molar-refractivity contribution in [2.45, 2.75) is 38.2 Å². The molecule has 0 spiro atoms. The number of aryl methyl sites for hydroxylation is 1. The molecule has 1 heterocycles. The molecular weight excluding hydrogens is 236 g/mol. The van der Waals surface area contributed by atoms with Gasteiger partial charge >= 0.3 is 0 Å². The summed E-state index contributed by atoms with van der Waals surface area (Å²) >= 11 is 1.39. The largest absolute Gasteiger partial charge is 0.398 e. The molecule has 4 nitrogen and oxygen atoms in total. The fourth-order valence-electron chi connectivity index (χ4n) is 2.15. The minimum atomic E-state index is -0.701. The second kappa shape index (κ2) is 4.66. The Kier molecular flexibility index (Phi) is 3.40. The molecular formula is C12H18N2O2S. The SMILES string of the molecule is Cc1sc(C(=O)NCC2(O)CCCC2)cc1N. The summed E-state index contributed by atoms with van der Waals surface area (Å²) in [5.74, 6) is -0.143. The molecule has 1 aromatic heterocycles. The van der Waals surface area contributed by atoms with Crippen LogP contribution >= 0.6 is 11.3 Å². The van der Waals surface area contributed by atoms with Gasteiger partial charge in [0.2, 0.25) is 0 Å². The zero-order valence-electron chi connectivity index (χ0n) is 9.95. The Labute approximate surface area is 105 Å². The van der Waals surface area contributed by atoms with E-state index < -0.39 is 5.60 Å². The van der Waals surface area contributed by atoms with E-state index in [1.54, 1.807) is 6.07 Å². The van der Waals surface area contributed by atoms with Crippen molar-refractivity contribution in [3.8, 4) is 0 Å². The van der Waals surface area contributed by atoms with Crippen LogP contribution in [0.4, 0.5) is 5.69 Å². The highest BCUT2D eigenvalue weighted by Crippen LogP contribution is 2.29. The molecule has 1 aromatic rings. The lowest BCUT2D eigenvalue weighted by Gasteiger charge is -2.21. The van der Waals surface area contributed by atoms with E-state index in [0.717, 1.165) is 30.6 Å². The van der Waals surface area contributed by atoms with Gasteiger partial charge in [-0.1, -0.05) is 12.8 Å². The molecule has 1 fully saturated rings. The van der Waals surface area contributed by atoms with Gasteiger partial charge in [-0.25, -0.2) is 0 Å². The second-order valence-corrected chi connectivity index (χ2v) is 5.99. The molecule has 0 bridgehead atoms. The van der Waals surface area contributed by atoms with Gasteiger partial charge in [0.15, 0.2) is 0 Å². The van der Waals surface area contributed by atoms with E-state index in [1.165, 1.54) is 11.3 Å². The standard InChI is InChI=1S/C12H18N2O2S/c1-8-9(13)6-10(17-8)11(15)14-7-12(16)4-2-3-5-12/h6,16H,2-5,7,13H2,1H3,(H,14,15). The fourth-order valence-corrected chi connectivity index (χ4v) is 3.01. The number of anilines is 1. The summed E-state index contributed by atoms with van der Waals surface area (Å²) in [7, 11) is 0. The van der Waals surface area contributed by atoms with Crippen molar-refractivity contribution < 1.29 is 9.90 Å². The summed E-state index contributed by atoms with van der Waals surface area (Å²) in [6.07, 6.45) is 3.63. The van der Waals surface area contributed by atoms with Gasteiger partial charge in [0.05, 0.1) is 10.5 Å². The van der Waals surface area contributed by atoms with Crippen molar-refractivity contribution in [3.05, 3.63) is 15.8 Å². The maximum absolute atomic E-state index is 11.8. The summed E-state index contributed by atoms with van der Waals surface area (Å²) in [6, 6.07) is 1.69. The molecule has 1 aliphatic rings. The summed E-state index contributed by atoms with van der Waals surface area (Å²) < 4.78 is 0. The number of hydrogen-bond acceptors (Lipinski definition) is 4. The number of amides is 1. The minimum Gasteiger partial charge on any atom is -0.398 e. The van der Waals surface area contributed by atoms with E-state index in [4.69, 9.17) is 5.73 Å². The number of nitrogens with one attached hydrogen (secondary N) is 1. The van der Waals surface area contributed by atoms with Crippen LogP contribution in [0.3, 0.4) is 0 Å². The lowest BCUT2D eigenvalue weighted by atomic mass is 10.0. The average molecular weight is 254 g/mol. The summed E-state index contributed by atoms with van der Waals surface area (Å²) in [5.41, 5.74) is 5.66. The summed E-state index contributed by atoms with van der Waals surface area (Å²) in [4.78, 5) is 13.4. The first-order valence-corrected chi connectivity index (χ1v) is 6.68. The highest BCUT2D eigenvalue weighted by Gasteiger charge is 2.31. The normalized spacial score (nSPS) is 18.2. The highest BCUT2D eigenvalue weighted by molar-refractivity contribution is 7.14. The van der Waals surface area contributed by atoms with Gasteiger partial charge in [0, 0.05) is 17.1 Å². The van der Waals surface area contributed by atoms with Crippen molar-refractivity contribution in [1.82, 2.24) is 5.32 Å². The van der Waals surface area contributed by atoms with Crippen molar-refractivity contribution >= 4 is 22.9 Å². The topological polar surface area (TPSA) is 75.3 Å². The smallest absolute Gasteiger partial charge is 0.261 e. The molecule has 1 saturated carbocycles. The molecule has 0 radical (unpaired) electrons. The first-order valence-electron chi connectivity index (χ1n) is 5.87. The molecule has 2 rings (SSSR count). The summed E-state index contributed by atoms with van der Waals surface area (Å²) in [5, 5.41) is 12.9. The van der Waals surface area contributed by atoms with Crippen LogP contribution < -0.4 is 11.1 Å². The number of hydrogen-bond donors (Lipinski definition) is 3. The maximum atomic E-state index is 11.8. The lowest BCUT2D eigenvalue weighted by Crippen LogP contribution is -2.40. The number of nitrogens with two attached hydrogens (primary N) is 1. The molecule has 1 aliphatic carbocycles. The quantitative estimate of drug-likeness (QED) is 0.768. The van der Waals surface area contributed by atoms with Gasteiger partial charge in [-0.15, -0.1) is 11.3 Å². The third-order valence-corrected chi connectivity index (χ3v) is 4.36. The lowest BCUT2D eigenvalue weighted by molar-refractivity contribution is 0.0450. The molecule has 0 atom stereocenters. The van der Waals surface area contributed by atoms with Crippen molar-refractivity contribution in [3.63, 3.8) is 0 Å². The van der Waals surface area contributed by atoms with E-state index in [0.29, 0.717) is 17.1 Å².